The van der Waals surface area contributed by atoms with Gasteiger partial charge < -0.3 is 9.47 Å². The summed E-state index contributed by atoms with van der Waals surface area (Å²) in [5.41, 5.74) is 2.78. The van der Waals surface area contributed by atoms with E-state index in [0.29, 0.717) is 16.9 Å². The van der Waals surface area contributed by atoms with Crippen LogP contribution < -0.4 is 0 Å². The van der Waals surface area contributed by atoms with Crippen LogP contribution in [-0.2, 0) is 9.47 Å². The quantitative estimate of drug-likeness (QED) is 0.221. The summed E-state index contributed by atoms with van der Waals surface area (Å²) in [5, 5.41) is 0. The lowest BCUT2D eigenvalue weighted by Gasteiger charge is -2.58. The Morgan fingerprint density at radius 2 is 1.76 bits per heavy atom. The van der Waals surface area contributed by atoms with Crippen molar-refractivity contribution in [3.8, 4) is 0 Å². The highest BCUT2D eigenvalue weighted by molar-refractivity contribution is 5.25. The molecular formula is C32H56O2. The highest BCUT2D eigenvalue weighted by Gasteiger charge is 2.59. The summed E-state index contributed by atoms with van der Waals surface area (Å²) in [7, 11) is 0. The number of hydrogen-bond donors (Lipinski definition) is 0. The molecule has 0 bridgehead atoms. The van der Waals surface area contributed by atoms with Gasteiger partial charge in [-0.25, -0.2) is 0 Å². The molecule has 0 N–H and O–H groups in total. The van der Waals surface area contributed by atoms with Gasteiger partial charge in [0.05, 0.1) is 19.3 Å². The molecule has 0 aliphatic heterocycles. The summed E-state index contributed by atoms with van der Waals surface area (Å²) in [4.78, 5) is 0. The van der Waals surface area contributed by atoms with Gasteiger partial charge in [-0.05, 0) is 104 Å². The predicted molar refractivity (Wildman–Crippen MR) is 144 cm³/mol. The van der Waals surface area contributed by atoms with Gasteiger partial charge in [0.15, 0.2) is 0 Å². The van der Waals surface area contributed by atoms with Gasteiger partial charge in [0.2, 0.25) is 0 Å². The highest BCUT2D eigenvalue weighted by Crippen LogP contribution is 2.67. The average Bonchev–Trinajstić information content (AvgIpc) is 3.16. The molecule has 8 atom stereocenters. The van der Waals surface area contributed by atoms with Gasteiger partial charge in [-0.3, -0.25) is 0 Å². The molecule has 34 heavy (non-hydrogen) atoms. The maximum atomic E-state index is 6.27. The van der Waals surface area contributed by atoms with Crippen molar-refractivity contribution in [2.45, 2.75) is 125 Å². The third-order valence-electron chi connectivity index (χ3n) is 11.2. The summed E-state index contributed by atoms with van der Waals surface area (Å²) in [6.45, 7) is 17.3. The minimum atomic E-state index is 0.414. The van der Waals surface area contributed by atoms with Gasteiger partial charge in [-0.1, -0.05) is 72.5 Å². The third kappa shape index (κ3) is 5.34. The van der Waals surface area contributed by atoms with Crippen molar-refractivity contribution in [1.82, 2.24) is 0 Å². The van der Waals surface area contributed by atoms with Crippen LogP contribution in [0.2, 0.25) is 0 Å². The van der Waals surface area contributed by atoms with E-state index in [9.17, 15) is 0 Å². The Hall–Kier alpha value is -0.340. The Morgan fingerprint density at radius 1 is 0.941 bits per heavy atom. The fourth-order valence-electron chi connectivity index (χ4n) is 9.31. The normalized spacial score (nSPS) is 40.4. The minimum Gasteiger partial charge on any atom is -0.379 e. The van der Waals surface area contributed by atoms with Gasteiger partial charge >= 0.3 is 0 Å². The Balaban J connectivity index is 1.37. The Labute approximate surface area is 212 Å². The van der Waals surface area contributed by atoms with Gasteiger partial charge in [-0.2, -0.15) is 0 Å². The molecule has 0 amide bonds. The maximum absolute atomic E-state index is 6.27. The second kappa shape index (κ2) is 11.4. The SMILES string of the molecule is CCCOCCO[C@H]1CC[C@@]2(C)C(=CC[C@H]3[C@@H]4CC[C@H]([C@H](C)CCCC(C)C)[C@@]4(C)CC[C@@H]32)C1. The van der Waals surface area contributed by atoms with Crippen molar-refractivity contribution >= 4 is 0 Å². The van der Waals surface area contributed by atoms with Gasteiger partial charge in [0.1, 0.15) is 0 Å². The lowest BCUT2D eigenvalue weighted by atomic mass is 9.47. The molecule has 2 nitrogen and oxygen atoms in total. The number of ether oxygens (including phenoxy) is 2. The molecule has 0 aromatic carbocycles. The molecule has 196 valence electrons. The van der Waals surface area contributed by atoms with Crippen LogP contribution in [0.4, 0.5) is 0 Å². The molecule has 0 heterocycles. The molecule has 4 rings (SSSR count). The summed E-state index contributed by atoms with van der Waals surface area (Å²) in [6, 6.07) is 0. The van der Waals surface area contributed by atoms with E-state index >= 15 is 0 Å². The van der Waals surface area contributed by atoms with Crippen molar-refractivity contribution in [2.75, 3.05) is 19.8 Å². The van der Waals surface area contributed by atoms with E-state index in [4.69, 9.17) is 9.47 Å². The van der Waals surface area contributed by atoms with E-state index in [-0.39, 0.29) is 0 Å². The van der Waals surface area contributed by atoms with Crippen molar-refractivity contribution in [1.29, 1.82) is 0 Å². The molecule has 3 saturated carbocycles. The Bertz CT molecular complexity index is 682. The second-order valence-electron chi connectivity index (χ2n) is 13.6. The monoisotopic (exact) mass is 472 g/mol. The Kier molecular flexibility index (Phi) is 8.93. The lowest BCUT2D eigenvalue weighted by molar-refractivity contribution is -0.0677. The van der Waals surface area contributed by atoms with E-state index in [2.05, 4.69) is 47.6 Å². The fourth-order valence-corrected chi connectivity index (χ4v) is 9.31. The maximum Gasteiger partial charge on any atom is 0.0704 e. The van der Waals surface area contributed by atoms with Crippen LogP contribution in [0.15, 0.2) is 11.6 Å². The molecule has 0 aromatic rings. The lowest BCUT2D eigenvalue weighted by Crippen LogP contribution is -2.51. The standard InChI is InChI=1S/C32H56O2/c1-7-19-33-20-21-34-26-15-17-31(5)25(22-26)11-12-27-29-14-13-28(24(4)10-8-9-23(2)3)32(29,6)18-16-30(27)31/h11,23-24,26-30H,7-10,12-22H2,1-6H3/t24-,26+,27+,28-,29+,30+,31+,32-/m1/s1. The van der Waals surface area contributed by atoms with E-state index < -0.39 is 0 Å². The number of rotatable bonds is 11. The van der Waals surface area contributed by atoms with Crippen molar-refractivity contribution in [2.24, 2.45) is 46.3 Å². The summed E-state index contributed by atoms with van der Waals surface area (Å²) < 4.78 is 11.9. The molecule has 3 fully saturated rings. The summed E-state index contributed by atoms with van der Waals surface area (Å²) in [6.07, 6.45) is 19.5. The molecule has 0 unspecified atom stereocenters. The van der Waals surface area contributed by atoms with Crippen molar-refractivity contribution < 1.29 is 9.47 Å². The summed E-state index contributed by atoms with van der Waals surface area (Å²) in [5.74, 6) is 5.53. The van der Waals surface area contributed by atoms with Crippen LogP contribution >= 0.6 is 0 Å². The third-order valence-corrected chi connectivity index (χ3v) is 11.2. The Morgan fingerprint density at radius 3 is 2.53 bits per heavy atom. The number of fused-ring (bicyclic) bond motifs is 5. The fraction of sp³-hybridized carbons (Fsp3) is 0.938. The molecule has 0 aromatic heterocycles. The zero-order valence-corrected chi connectivity index (χ0v) is 23.5. The first-order chi connectivity index (χ1) is 16.3. The van der Waals surface area contributed by atoms with E-state index in [1.54, 1.807) is 5.57 Å². The van der Waals surface area contributed by atoms with Crippen LogP contribution in [0.3, 0.4) is 0 Å². The molecule has 2 heteroatoms. The minimum absolute atomic E-state index is 0.414. The van der Waals surface area contributed by atoms with Crippen LogP contribution in [0.1, 0.15) is 119 Å². The zero-order chi connectivity index (χ0) is 24.3. The van der Waals surface area contributed by atoms with E-state index in [1.807, 2.05) is 0 Å². The van der Waals surface area contributed by atoms with Gasteiger partial charge in [0.25, 0.3) is 0 Å². The molecule has 4 aliphatic carbocycles. The van der Waals surface area contributed by atoms with E-state index in [0.717, 1.165) is 61.7 Å². The number of hydrogen-bond acceptors (Lipinski definition) is 2. The van der Waals surface area contributed by atoms with Crippen LogP contribution in [0.5, 0.6) is 0 Å². The van der Waals surface area contributed by atoms with Crippen molar-refractivity contribution in [3.63, 3.8) is 0 Å². The first-order valence-electron chi connectivity index (χ1n) is 15.2. The smallest absolute Gasteiger partial charge is 0.0704 e. The largest absolute Gasteiger partial charge is 0.379 e. The van der Waals surface area contributed by atoms with Gasteiger partial charge in [-0.15, -0.1) is 0 Å². The molecule has 0 saturated heterocycles. The predicted octanol–water partition coefficient (Wildman–Crippen LogP) is 8.84. The first-order valence-corrected chi connectivity index (χ1v) is 15.2. The zero-order valence-electron chi connectivity index (χ0n) is 23.5. The van der Waals surface area contributed by atoms with Crippen LogP contribution in [-0.4, -0.2) is 25.9 Å². The van der Waals surface area contributed by atoms with Crippen LogP contribution in [0.25, 0.3) is 0 Å². The molecule has 0 spiro atoms. The summed E-state index contributed by atoms with van der Waals surface area (Å²) >= 11 is 0. The van der Waals surface area contributed by atoms with Crippen LogP contribution in [0, 0.1) is 46.3 Å². The van der Waals surface area contributed by atoms with E-state index in [1.165, 1.54) is 70.6 Å². The average molecular weight is 473 g/mol. The molecule has 0 radical (unpaired) electrons. The molecule has 4 aliphatic rings. The highest BCUT2D eigenvalue weighted by atomic mass is 16.5. The first kappa shape index (κ1) is 26.7. The van der Waals surface area contributed by atoms with Crippen molar-refractivity contribution in [3.05, 3.63) is 11.6 Å². The topological polar surface area (TPSA) is 18.5 Å². The van der Waals surface area contributed by atoms with Gasteiger partial charge in [0, 0.05) is 6.61 Å². The second-order valence-corrected chi connectivity index (χ2v) is 13.6. The molecular weight excluding hydrogens is 416 g/mol. The number of allylic oxidation sites excluding steroid dienone is 1.